The van der Waals surface area contributed by atoms with Crippen LogP contribution in [0.2, 0.25) is 0 Å². The Bertz CT molecular complexity index is 1140. The molecular formula is C23H21NO5S. The van der Waals surface area contributed by atoms with Crippen molar-refractivity contribution < 1.29 is 23.4 Å². The van der Waals surface area contributed by atoms with E-state index in [0.29, 0.717) is 35.4 Å². The summed E-state index contributed by atoms with van der Waals surface area (Å²) in [6, 6.07) is 15.1. The van der Waals surface area contributed by atoms with Gasteiger partial charge < -0.3 is 9.63 Å². The Kier molecular flexibility index (Phi) is 5.15. The van der Waals surface area contributed by atoms with Crippen LogP contribution in [0.3, 0.4) is 0 Å². The minimum atomic E-state index is -1.24. The maximum absolute atomic E-state index is 12.5. The average molecular weight is 423 g/mol. The molecule has 2 aromatic carbocycles. The second-order valence-corrected chi connectivity index (χ2v) is 9.09. The van der Waals surface area contributed by atoms with Gasteiger partial charge in [0, 0.05) is 22.6 Å². The molecule has 0 aliphatic heterocycles. The van der Waals surface area contributed by atoms with Gasteiger partial charge in [-0.05, 0) is 36.5 Å². The van der Waals surface area contributed by atoms with E-state index in [4.69, 9.17) is 4.52 Å². The average Bonchev–Trinajstić information content (AvgIpc) is 3.45. The third-order valence-electron chi connectivity index (χ3n) is 5.55. The number of aryl methyl sites for hydroxylation is 1. The predicted molar refractivity (Wildman–Crippen MR) is 114 cm³/mol. The number of carboxylic acids is 1. The van der Waals surface area contributed by atoms with E-state index in [9.17, 15) is 18.9 Å². The van der Waals surface area contributed by atoms with E-state index >= 15 is 0 Å². The molecule has 3 aromatic rings. The van der Waals surface area contributed by atoms with Gasteiger partial charge in [-0.1, -0.05) is 53.7 Å². The first-order valence-corrected chi connectivity index (χ1v) is 11.3. The summed E-state index contributed by atoms with van der Waals surface area (Å²) >= 11 is 0. The summed E-state index contributed by atoms with van der Waals surface area (Å²) < 4.78 is 16.8. The monoisotopic (exact) mass is 423 g/mol. The zero-order chi connectivity index (χ0) is 21.5. The molecule has 1 atom stereocenters. The second kappa shape index (κ2) is 7.65. The van der Waals surface area contributed by atoms with Gasteiger partial charge in [0.15, 0.2) is 11.5 Å². The molecule has 0 amide bonds. The highest BCUT2D eigenvalue weighted by Crippen LogP contribution is 2.48. The molecule has 6 nitrogen and oxygen atoms in total. The Labute approximate surface area is 176 Å². The van der Waals surface area contributed by atoms with Crippen molar-refractivity contribution in [2.24, 2.45) is 0 Å². The van der Waals surface area contributed by atoms with Crippen LogP contribution in [0.4, 0.5) is 0 Å². The van der Waals surface area contributed by atoms with E-state index in [0.717, 1.165) is 16.7 Å². The van der Waals surface area contributed by atoms with Crippen molar-refractivity contribution in [3.05, 3.63) is 65.4 Å². The van der Waals surface area contributed by atoms with Crippen molar-refractivity contribution in [2.45, 2.75) is 25.2 Å². The summed E-state index contributed by atoms with van der Waals surface area (Å²) in [7, 11) is -1.24. The molecule has 7 heteroatoms. The molecule has 0 saturated heterocycles. The lowest BCUT2D eigenvalue weighted by molar-refractivity contribution is -0.140. The van der Waals surface area contributed by atoms with E-state index in [1.165, 1.54) is 6.26 Å². The second-order valence-electron chi connectivity index (χ2n) is 7.65. The van der Waals surface area contributed by atoms with E-state index < -0.39 is 22.2 Å². The first-order chi connectivity index (χ1) is 14.3. The van der Waals surface area contributed by atoms with Gasteiger partial charge in [-0.25, -0.2) is 0 Å². The number of aliphatic carboxylic acids is 1. The largest absolute Gasteiger partial charge is 0.481 e. The first kappa shape index (κ1) is 20.2. The number of aromatic nitrogens is 1. The van der Waals surface area contributed by atoms with Crippen molar-refractivity contribution in [3.8, 4) is 22.5 Å². The Hall–Kier alpha value is -3.06. The van der Waals surface area contributed by atoms with Gasteiger partial charge >= 0.3 is 5.97 Å². The number of carbonyl (C=O) groups is 2. The van der Waals surface area contributed by atoms with Crippen molar-refractivity contribution >= 4 is 22.6 Å². The Balaban J connectivity index is 1.59. The summed E-state index contributed by atoms with van der Waals surface area (Å²) in [6.07, 6.45) is 2.85. The fraction of sp³-hybridized carbons (Fsp3) is 0.261. The first-order valence-electron chi connectivity index (χ1n) is 9.56. The number of hydrogen-bond acceptors (Lipinski definition) is 5. The van der Waals surface area contributed by atoms with Gasteiger partial charge in [-0.15, -0.1) is 0 Å². The molecule has 4 rings (SSSR count). The standard InChI is InChI=1S/C23H21NO5S/c1-14-20(19(25)13-30(2)28)21(29-24-14)17-5-3-15(4-6-17)16-7-9-18(10-8-16)23(11-12-23)22(26)27/h3-10H,11-13H2,1-2H3,(H,26,27). The highest BCUT2D eigenvalue weighted by atomic mass is 32.2. The molecular weight excluding hydrogens is 402 g/mol. The molecule has 1 aromatic heterocycles. The van der Waals surface area contributed by atoms with Crippen LogP contribution in [0.15, 0.2) is 53.1 Å². The quantitative estimate of drug-likeness (QED) is 0.577. The molecule has 1 heterocycles. The molecule has 0 radical (unpaired) electrons. The van der Waals surface area contributed by atoms with E-state index in [1.54, 1.807) is 6.92 Å². The van der Waals surface area contributed by atoms with Gasteiger partial charge in [-0.3, -0.25) is 13.8 Å². The normalized spacial score (nSPS) is 15.5. The fourth-order valence-corrected chi connectivity index (χ4v) is 4.21. The molecule has 1 saturated carbocycles. The van der Waals surface area contributed by atoms with Crippen molar-refractivity contribution in [1.29, 1.82) is 0 Å². The molecule has 1 aliphatic rings. The Morgan fingerprint density at radius 3 is 2.07 bits per heavy atom. The summed E-state index contributed by atoms with van der Waals surface area (Å²) in [5.41, 5.74) is 3.62. The fourth-order valence-electron chi connectivity index (χ4n) is 3.70. The van der Waals surface area contributed by atoms with Crippen LogP contribution < -0.4 is 0 Å². The minimum absolute atomic E-state index is 0.0721. The summed E-state index contributed by atoms with van der Waals surface area (Å²) in [6.45, 7) is 1.69. The summed E-state index contributed by atoms with van der Waals surface area (Å²) in [5.74, 6) is -0.713. The lowest BCUT2D eigenvalue weighted by Crippen LogP contribution is -2.19. The molecule has 0 spiro atoms. The summed E-state index contributed by atoms with van der Waals surface area (Å²) in [4.78, 5) is 23.9. The topological polar surface area (TPSA) is 97.5 Å². The third-order valence-corrected chi connectivity index (χ3v) is 6.22. The zero-order valence-corrected chi connectivity index (χ0v) is 17.5. The molecule has 1 fully saturated rings. The maximum atomic E-state index is 12.5. The number of carboxylic acid groups (broad SMARTS) is 1. The molecule has 0 bridgehead atoms. The van der Waals surface area contributed by atoms with Crippen molar-refractivity contribution in [1.82, 2.24) is 5.16 Å². The smallest absolute Gasteiger partial charge is 0.314 e. The lowest BCUT2D eigenvalue weighted by Gasteiger charge is -2.11. The summed E-state index contributed by atoms with van der Waals surface area (Å²) in [5, 5.41) is 13.4. The van der Waals surface area contributed by atoms with Crippen LogP contribution in [-0.4, -0.2) is 38.2 Å². The molecule has 154 valence electrons. The van der Waals surface area contributed by atoms with E-state index in [2.05, 4.69) is 5.16 Å². The number of hydrogen-bond donors (Lipinski definition) is 1. The van der Waals surface area contributed by atoms with E-state index in [-0.39, 0.29) is 11.5 Å². The minimum Gasteiger partial charge on any atom is -0.481 e. The Morgan fingerprint density at radius 2 is 1.57 bits per heavy atom. The molecule has 1 N–H and O–H groups in total. The number of carbonyl (C=O) groups excluding carboxylic acids is 1. The molecule has 1 unspecified atom stereocenters. The van der Waals surface area contributed by atoms with Crippen LogP contribution in [-0.2, 0) is 21.0 Å². The van der Waals surface area contributed by atoms with Crippen LogP contribution in [0.1, 0.15) is 34.5 Å². The van der Waals surface area contributed by atoms with Gasteiger partial charge in [0.2, 0.25) is 0 Å². The van der Waals surface area contributed by atoms with Gasteiger partial charge in [0.1, 0.15) is 0 Å². The highest BCUT2D eigenvalue weighted by molar-refractivity contribution is 7.85. The predicted octanol–water partition coefficient (Wildman–Crippen LogP) is 3.99. The van der Waals surface area contributed by atoms with Gasteiger partial charge in [0.05, 0.1) is 22.4 Å². The van der Waals surface area contributed by atoms with Crippen LogP contribution in [0.5, 0.6) is 0 Å². The van der Waals surface area contributed by atoms with E-state index in [1.807, 2.05) is 48.5 Å². The molecule has 1 aliphatic carbocycles. The number of rotatable bonds is 7. The van der Waals surface area contributed by atoms with Gasteiger partial charge in [-0.2, -0.15) is 0 Å². The van der Waals surface area contributed by atoms with Crippen molar-refractivity contribution in [2.75, 3.05) is 12.0 Å². The third kappa shape index (κ3) is 3.61. The highest BCUT2D eigenvalue weighted by Gasteiger charge is 2.51. The lowest BCUT2D eigenvalue weighted by atomic mass is 9.93. The zero-order valence-electron chi connectivity index (χ0n) is 16.7. The van der Waals surface area contributed by atoms with Gasteiger partial charge in [0.25, 0.3) is 0 Å². The van der Waals surface area contributed by atoms with Crippen LogP contribution >= 0.6 is 0 Å². The number of Topliss-reactive ketones (excluding diaryl/α,β-unsaturated/α-hetero) is 1. The number of ketones is 1. The van der Waals surface area contributed by atoms with Crippen LogP contribution in [0, 0.1) is 6.92 Å². The number of benzene rings is 2. The SMILES string of the molecule is Cc1noc(-c2ccc(-c3ccc(C4(C(=O)O)CC4)cc3)cc2)c1C(=O)CS(C)=O. The van der Waals surface area contributed by atoms with Crippen molar-refractivity contribution in [3.63, 3.8) is 0 Å². The Morgan fingerprint density at radius 1 is 1.03 bits per heavy atom. The molecule has 30 heavy (non-hydrogen) atoms. The number of nitrogens with zero attached hydrogens (tertiary/aromatic N) is 1. The maximum Gasteiger partial charge on any atom is 0.314 e. The van der Waals surface area contributed by atoms with Crippen LogP contribution in [0.25, 0.3) is 22.5 Å².